The Balaban J connectivity index is 2.70. The van der Waals surface area contributed by atoms with Crippen LogP contribution in [0.2, 0.25) is 5.02 Å². The number of aliphatic hydroxyl groups excluding tert-OH is 1. The summed E-state index contributed by atoms with van der Waals surface area (Å²) in [6, 6.07) is 7.71. The Kier molecular flexibility index (Phi) is 5.62. The van der Waals surface area contributed by atoms with Crippen molar-refractivity contribution < 1.29 is 5.11 Å². The van der Waals surface area contributed by atoms with E-state index in [1.165, 1.54) is 0 Å². The molecule has 4 heteroatoms. The van der Waals surface area contributed by atoms with E-state index in [9.17, 15) is 5.11 Å². The number of benzene rings is 1. The Hall–Kier alpha value is -0.220. The zero-order valence-corrected chi connectivity index (χ0v) is 11.1. The first-order valence-corrected chi connectivity index (χ1v) is 6.65. The van der Waals surface area contributed by atoms with Crippen molar-refractivity contribution in [1.82, 2.24) is 0 Å². The average Bonchev–Trinajstić information content (AvgIpc) is 2.26. The predicted molar refractivity (Wildman–Crippen MR) is 72.0 cm³/mol. The molecule has 0 amide bonds. The monoisotopic (exact) mass is 259 g/mol. The van der Waals surface area contributed by atoms with Gasteiger partial charge < -0.3 is 10.8 Å². The molecule has 2 nitrogen and oxygen atoms in total. The lowest BCUT2D eigenvalue weighted by Gasteiger charge is -2.21. The molecule has 0 aliphatic heterocycles. The van der Waals surface area contributed by atoms with E-state index in [2.05, 4.69) is 0 Å². The SMILES string of the molecule is CC(O)C(C)SC(CN)c1ccc(Cl)cc1. The molecule has 3 N–H and O–H groups in total. The van der Waals surface area contributed by atoms with E-state index in [4.69, 9.17) is 17.3 Å². The lowest BCUT2D eigenvalue weighted by molar-refractivity contribution is 0.196. The van der Waals surface area contributed by atoms with Gasteiger partial charge in [0.2, 0.25) is 0 Å². The molecule has 3 unspecified atom stereocenters. The largest absolute Gasteiger partial charge is 0.392 e. The summed E-state index contributed by atoms with van der Waals surface area (Å²) in [5.41, 5.74) is 6.91. The van der Waals surface area contributed by atoms with Crippen molar-refractivity contribution in [2.75, 3.05) is 6.54 Å². The Morgan fingerprint density at radius 3 is 2.31 bits per heavy atom. The first kappa shape index (κ1) is 13.8. The van der Waals surface area contributed by atoms with Crippen LogP contribution in [0.25, 0.3) is 0 Å². The van der Waals surface area contributed by atoms with Gasteiger partial charge in [0.1, 0.15) is 0 Å². The third-order valence-corrected chi connectivity index (χ3v) is 4.38. The van der Waals surface area contributed by atoms with Gasteiger partial charge in [-0.3, -0.25) is 0 Å². The number of aliphatic hydroxyl groups is 1. The van der Waals surface area contributed by atoms with Crippen LogP contribution in [-0.4, -0.2) is 23.0 Å². The van der Waals surface area contributed by atoms with Crippen molar-refractivity contribution in [2.45, 2.75) is 30.5 Å². The number of hydrogen-bond donors (Lipinski definition) is 2. The molecule has 0 heterocycles. The van der Waals surface area contributed by atoms with Crippen molar-refractivity contribution in [3.63, 3.8) is 0 Å². The summed E-state index contributed by atoms with van der Waals surface area (Å²) in [5.74, 6) is 0. The predicted octanol–water partition coefficient (Wildman–Crippen LogP) is 2.84. The van der Waals surface area contributed by atoms with Crippen LogP contribution in [0.3, 0.4) is 0 Å². The van der Waals surface area contributed by atoms with E-state index in [0.29, 0.717) is 6.54 Å². The van der Waals surface area contributed by atoms with Crippen molar-refractivity contribution in [3.8, 4) is 0 Å². The highest BCUT2D eigenvalue weighted by atomic mass is 35.5. The summed E-state index contributed by atoms with van der Waals surface area (Å²) >= 11 is 7.53. The molecule has 0 fully saturated rings. The third-order valence-electron chi connectivity index (χ3n) is 2.51. The number of halogens is 1. The molecular formula is C12H18ClNOS. The summed E-state index contributed by atoms with van der Waals surface area (Å²) in [6.07, 6.45) is -0.327. The molecule has 1 aromatic rings. The van der Waals surface area contributed by atoms with Gasteiger partial charge >= 0.3 is 0 Å². The van der Waals surface area contributed by atoms with Gasteiger partial charge in [0, 0.05) is 22.1 Å². The van der Waals surface area contributed by atoms with Gasteiger partial charge in [0.15, 0.2) is 0 Å². The number of thioether (sulfide) groups is 1. The van der Waals surface area contributed by atoms with Crippen LogP contribution < -0.4 is 5.73 Å². The second-order valence-electron chi connectivity index (χ2n) is 3.86. The smallest absolute Gasteiger partial charge is 0.0628 e. The fourth-order valence-corrected chi connectivity index (χ4v) is 2.62. The molecule has 1 aromatic carbocycles. The van der Waals surface area contributed by atoms with Crippen molar-refractivity contribution in [3.05, 3.63) is 34.9 Å². The van der Waals surface area contributed by atoms with Gasteiger partial charge in [-0.2, -0.15) is 0 Å². The van der Waals surface area contributed by atoms with Gasteiger partial charge in [-0.15, -0.1) is 11.8 Å². The van der Waals surface area contributed by atoms with Gasteiger partial charge in [-0.1, -0.05) is 30.7 Å². The fraction of sp³-hybridized carbons (Fsp3) is 0.500. The normalized spacial score (nSPS) is 16.8. The maximum atomic E-state index is 9.47. The zero-order chi connectivity index (χ0) is 12.1. The quantitative estimate of drug-likeness (QED) is 0.855. The van der Waals surface area contributed by atoms with E-state index < -0.39 is 0 Å². The summed E-state index contributed by atoms with van der Waals surface area (Å²) < 4.78 is 0. The fourth-order valence-electron chi connectivity index (χ4n) is 1.32. The first-order chi connectivity index (χ1) is 7.54. The van der Waals surface area contributed by atoms with Gasteiger partial charge in [0.05, 0.1) is 6.10 Å². The Morgan fingerprint density at radius 2 is 1.88 bits per heavy atom. The second kappa shape index (κ2) is 6.50. The Labute approximate surface area is 106 Å². The van der Waals surface area contributed by atoms with Crippen LogP contribution >= 0.6 is 23.4 Å². The molecule has 0 saturated carbocycles. The number of rotatable bonds is 5. The van der Waals surface area contributed by atoms with E-state index in [1.807, 2.05) is 31.2 Å². The summed E-state index contributed by atoms with van der Waals surface area (Å²) in [6.45, 7) is 4.37. The molecule has 0 aromatic heterocycles. The van der Waals surface area contributed by atoms with Crippen molar-refractivity contribution >= 4 is 23.4 Å². The van der Waals surface area contributed by atoms with E-state index >= 15 is 0 Å². The lowest BCUT2D eigenvalue weighted by atomic mass is 10.1. The maximum Gasteiger partial charge on any atom is 0.0628 e. The minimum atomic E-state index is -0.327. The highest BCUT2D eigenvalue weighted by Gasteiger charge is 2.17. The van der Waals surface area contributed by atoms with E-state index in [1.54, 1.807) is 18.7 Å². The standard InChI is InChI=1S/C12H18ClNOS/c1-8(15)9(2)16-12(7-14)10-3-5-11(13)6-4-10/h3-6,8-9,12,15H,7,14H2,1-2H3. The molecule has 0 bridgehead atoms. The molecule has 0 spiro atoms. The third kappa shape index (κ3) is 3.98. The van der Waals surface area contributed by atoms with E-state index in [0.717, 1.165) is 10.6 Å². The molecule has 0 aliphatic carbocycles. The van der Waals surface area contributed by atoms with E-state index in [-0.39, 0.29) is 16.6 Å². The van der Waals surface area contributed by atoms with Crippen LogP contribution in [0.5, 0.6) is 0 Å². The summed E-state index contributed by atoms with van der Waals surface area (Å²) in [4.78, 5) is 0. The van der Waals surface area contributed by atoms with Crippen LogP contribution in [0.15, 0.2) is 24.3 Å². The first-order valence-electron chi connectivity index (χ1n) is 5.33. The van der Waals surface area contributed by atoms with Gasteiger partial charge in [0.25, 0.3) is 0 Å². The minimum absolute atomic E-state index is 0.171. The number of hydrogen-bond acceptors (Lipinski definition) is 3. The lowest BCUT2D eigenvalue weighted by Crippen LogP contribution is -2.20. The van der Waals surface area contributed by atoms with Crippen LogP contribution in [-0.2, 0) is 0 Å². The van der Waals surface area contributed by atoms with Crippen LogP contribution in [0, 0.1) is 0 Å². The average molecular weight is 260 g/mol. The Morgan fingerprint density at radius 1 is 1.31 bits per heavy atom. The Bertz CT molecular complexity index is 315. The molecule has 0 saturated heterocycles. The topological polar surface area (TPSA) is 46.2 Å². The second-order valence-corrected chi connectivity index (χ2v) is 5.88. The number of nitrogens with two attached hydrogens (primary N) is 1. The molecular weight excluding hydrogens is 242 g/mol. The van der Waals surface area contributed by atoms with Crippen molar-refractivity contribution in [2.24, 2.45) is 5.73 Å². The van der Waals surface area contributed by atoms with Crippen molar-refractivity contribution in [1.29, 1.82) is 0 Å². The molecule has 0 radical (unpaired) electrons. The maximum absolute atomic E-state index is 9.47. The highest BCUT2D eigenvalue weighted by Crippen LogP contribution is 2.33. The summed E-state index contributed by atoms with van der Waals surface area (Å²) in [7, 11) is 0. The summed E-state index contributed by atoms with van der Waals surface area (Å²) in [5, 5.41) is 10.6. The molecule has 3 atom stereocenters. The molecule has 1 rings (SSSR count). The van der Waals surface area contributed by atoms with Crippen LogP contribution in [0.1, 0.15) is 24.7 Å². The molecule has 0 aliphatic rings. The van der Waals surface area contributed by atoms with Crippen LogP contribution in [0.4, 0.5) is 0 Å². The van der Waals surface area contributed by atoms with Gasteiger partial charge in [-0.05, 0) is 24.6 Å². The molecule has 16 heavy (non-hydrogen) atoms. The molecule has 90 valence electrons. The zero-order valence-electron chi connectivity index (χ0n) is 9.56. The highest BCUT2D eigenvalue weighted by molar-refractivity contribution is 8.00. The van der Waals surface area contributed by atoms with Gasteiger partial charge in [-0.25, -0.2) is 0 Å². The minimum Gasteiger partial charge on any atom is -0.392 e.